The van der Waals surface area contributed by atoms with Crippen molar-refractivity contribution < 1.29 is 14.3 Å². The standard InChI is InChI=1S/C25H29N5O4/c1-3-34-20-10-8-19(9-11-20)26-24(31)18-30-25(32)13-12-23(27-30)29-16-14-28(15-17-29)21-6-4-5-7-22(21)33-2/h4-13H,3,14-18H2,1-2H3,(H,26,31). The Balaban J connectivity index is 1.38. The summed E-state index contributed by atoms with van der Waals surface area (Å²) in [6.07, 6.45) is 0. The van der Waals surface area contributed by atoms with Crippen LogP contribution in [0.5, 0.6) is 11.5 Å². The van der Waals surface area contributed by atoms with Gasteiger partial charge < -0.3 is 24.6 Å². The number of para-hydroxylation sites is 2. The van der Waals surface area contributed by atoms with Crippen molar-refractivity contribution >= 4 is 23.1 Å². The van der Waals surface area contributed by atoms with E-state index in [1.165, 1.54) is 10.7 Å². The topological polar surface area (TPSA) is 88.9 Å². The molecule has 0 radical (unpaired) electrons. The van der Waals surface area contributed by atoms with Crippen LogP contribution in [0, 0.1) is 0 Å². The van der Waals surface area contributed by atoms with E-state index >= 15 is 0 Å². The summed E-state index contributed by atoms with van der Waals surface area (Å²) in [6, 6.07) is 18.2. The van der Waals surface area contributed by atoms with E-state index in [1.807, 2.05) is 25.1 Å². The average Bonchev–Trinajstić information content (AvgIpc) is 2.87. The molecule has 3 aromatic rings. The lowest BCUT2D eigenvalue weighted by atomic mass is 10.2. The first-order valence-corrected chi connectivity index (χ1v) is 11.3. The van der Waals surface area contributed by atoms with Gasteiger partial charge in [-0.2, -0.15) is 5.10 Å². The molecule has 9 nitrogen and oxygen atoms in total. The second-order valence-electron chi connectivity index (χ2n) is 7.84. The summed E-state index contributed by atoms with van der Waals surface area (Å²) >= 11 is 0. The number of hydrogen-bond acceptors (Lipinski definition) is 7. The lowest BCUT2D eigenvalue weighted by Crippen LogP contribution is -2.47. The Bertz CT molecular complexity index is 1170. The van der Waals surface area contributed by atoms with Gasteiger partial charge in [-0.15, -0.1) is 0 Å². The van der Waals surface area contributed by atoms with Crippen LogP contribution in [0.3, 0.4) is 0 Å². The molecule has 1 aromatic heterocycles. The minimum absolute atomic E-state index is 0.166. The highest BCUT2D eigenvalue weighted by Crippen LogP contribution is 2.28. The van der Waals surface area contributed by atoms with Crippen molar-refractivity contribution in [2.24, 2.45) is 0 Å². The number of piperazine rings is 1. The van der Waals surface area contributed by atoms with Crippen molar-refractivity contribution in [1.29, 1.82) is 0 Å². The Labute approximate surface area is 198 Å². The third-order valence-electron chi connectivity index (χ3n) is 5.62. The van der Waals surface area contributed by atoms with Gasteiger partial charge in [-0.3, -0.25) is 9.59 Å². The molecule has 1 N–H and O–H groups in total. The van der Waals surface area contributed by atoms with E-state index in [0.29, 0.717) is 18.1 Å². The zero-order valence-electron chi connectivity index (χ0n) is 19.4. The number of ether oxygens (including phenoxy) is 2. The normalized spacial score (nSPS) is 13.5. The number of carbonyl (C=O) groups is 1. The molecule has 2 heterocycles. The summed E-state index contributed by atoms with van der Waals surface area (Å²) in [5.41, 5.74) is 1.37. The molecule has 0 saturated carbocycles. The first-order valence-electron chi connectivity index (χ1n) is 11.3. The van der Waals surface area contributed by atoms with Crippen molar-refractivity contribution in [3.63, 3.8) is 0 Å². The molecular formula is C25H29N5O4. The summed E-state index contributed by atoms with van der Waals surface area (Å²) in [7, 11) is 1.67. The van der Waals surface area contributed by atoms with E-state index < -0.39 is 0 Å². The van der Waals surface area contributed by atoms with Crippen molar-refractivity contribution in [2.45, 2.75) is 13.5 Å². The lowest BCUT2D eigenvalue weighted by Gasteiger charge is -2.37. The van der Waals surface area contributed by atoms with Gasteiger partial charge in [0.1, 0.15) is 23.9 Å². The summed E-state index contributed by atoms with van der Waals surface area (Å²) in [6.45, 7) is 5.38. The van der Waals surface area contributed by atoms with Gasteiger partial charge in [-0.25, -0.2) is 4.68 Å². The predicted molar refractivity (Wildman–Crippen MR) is 132 cm³/mol. The monoisotopic (exact) mass is 463 g/mol. The zero-order chi connectivity index (χ0) is 23.9. The highest BCUT2D eigenvalue weighted by molar-refractivity contribution is 5.90. The van der Waals surface area contributed by atoms with Crippen molar-refractivity contribution in [1.82, 2.24) is 9.78 Å². The van der Waals surface area contributed by atoms with Gasteiger partial charge in [0.15, 0.2) is 0 Å². The van der Waals surface area contributed by atoms with Crippen LogP contribution in [-0.2, 0) is 11.3 Å². The van der Waals surface area contributed by atoms with Crippen LogP contribution in [0.15, 0.2) is 65.5 Å². The highest BCUT2D eigenvalue weighted by atomic mass is 16.5. The van der Waals surface area contributed by atoms with Gasteiger partial charge in [0.05, 0.1) is 19.4 Å². The number of anilines is 3. The molecular weight excluding hydrogens is 434 g/mol. The number of rotatable bonds is 8. The van der Waals surface area contributed by atoms with Crippen LogP contribution in [-0.4, -0.2) is 55.6 Å². The van der Waals surface area contributed by atoms with E-state index in [-0.39, 0.29) is 18.0 Å². The molecule has 1 aliphatic heterocycles. The van der Waals surface area contributed by atoms with E-state index in [1.54, 1.807) is 37.4 Å². The quantitative estimate of drug-likeness (QED) is 0.549. The van der Waals surface area contributed by atoms with Gasteiger partial charge >= 0.3 is 0 Å². The molecule has 0 atom stereocenters. The third kappa shape index (κ3) is 5.48. The number of benzene rings is 2. The van der Waals surface area contributed by atoms with E-state index in [2.05, 4.69) is 26.3 Å². The SMILES string of the molecule is CCOc1ccc(NC(=O)Cn2nc(N3CCN(c4ccccc4OC)CC3)ccc2=O)cc1. The molecule has 9 heteroatoms. The molecule has 1 amide bonds. The van der Waals surface area contributed by atoms with Gasteiger partial charge in [-0.1, -0.05) is 12.1 Å². The Morgan fingerprint density at radius 3 is 2.38 bits per heavy atom. The highest BCUT2D eigenvalue weighted by Gasteiger charge is 2.21. The summed E-state index contributed by atoms with van der Waals surface area (Å²) in [5, 5.41) is 7.25. The van der Waals surface area contributed by atoms with Crippen LogP contribution in [0.4, 0.5) is 17.2 Å². The van der Waals surface area contributed by atoms with E-state index in [4.69, 9.17) is 9.47 Å². The maximum Gasteiger partial charge on any atom is 0.267 e. The first-order chi connectivity index (χ1) is 16.6. The third-order valence-corrected chi connectivity index (χ3v) is 5.62. The van der Waals surface area contributed by atoms with Crippen molar-refractivity contribution in [3.05, 3.63) is 71.0 Å². The van der Waals surface area contributed by atoms with E-state index in [9.17, 15) is 9.59 Å². The summed E-state index contributed by atoms with van der Waals surface area (Å²) in [4.78, 5) is 29.2. The van der Waals surface area contributed by atoms with Gasteiger partial charge in [0.25, 0.3) is 5.56 Å². The number of carbonyl (C=O) groups excluding carboxylic acids is 1. The van der Waals surface area contributed by atoms with Crippen LogP contribution in [0.25, 0.3) is 0 Å². The fourth-order valence-corrected chi connectivity index (χ4v) is 3.93. The minimum atomic E-state index is -0.322. The number of nitrogens with one attached hydrogen (secondary N) is 1. The Hall–Kier alpha value is -4.01. The second kappa shape index (κ2) is 10.7. The molecule has 0 unspecified atom stereocenters. The summed E-state index contributed by atoms with van der Waals surface area (Å²) in [5.74, 6) is 1.93. The number of hydrogen-bond donors (Lipinski definition) is 1. The fraction of sp³-hybridized carbons (Fsp3) is 0.320. The van der Waals surface area contributed by atoms with Crippen LogP contribution in [0.2, 0.25) is 0 Å². The Morgan fingerprint density at radius 2 is 1.68 bits per heavy atom. The predicted octanol–water partition coefficient (Wildman–Crippen LogP) is 2.62. The molecule has 2 aromatic carbocycles. The van der Waals surface area contributed by atoms with Gasteiger partial charge in [0.2, 0.25) is 5.91 Å². The Kier molecular flexibility index (Phi) is 7.31. The molecule has 178 valence electrons. The van der Waals surface area contributed by atoms with Crippen LogP contribution in [0.1, 0.15) is 6.92 Å². The number of amides is 1. The van der Waals surface area contributed by atoms with Gasteiger partial charge in [0, 0.05) is 37.9 Å². The molecule has 4 rings (SSSR count). The maximum atomic E-state index is 12.5. The average molecular weight is 464 g/mol. The molecule has 1 saturated heterocycles. The molecule has 0 spiro atoms. The van der Waals surface area contributed by atoms with Crippen LogP contribution >= 0.6 is 0 Å². The molecule has 1 aliphatic rings. The lowest BCUT2D eigenvalue weighted by molar-refractivity contribution is -0.117. The minimum Gasteiger partial charge on any atom is -0.495 e. The van der Waals surface area contributed by atoms with Gasteiger partial charge in [-0.05, 0) is 49.4 Å². The number of aromatic nitrogens is 2. The van der Waals surface area contributed by atoms with Crippen molar-refractivity contribution in [3.8, 4) is 11.5 Å². The molecule has 0 aliphatic carbocycles. The number of nitrogens with zero attached hydrogens (tertiary/aromatic N) is 4. The number of methoxy groups -OCH3 is 1. The molecule has 0 bridgehead atoms. The van der Waals surface area contributed by atoms with Crippen molar-refractivity contribution in [2.75, 3.05) is 55.0 Å². The molecule has 34 heavy (non-hydrogen) atoms. The smallest absolute Gasteiger partial charge is 0.267 e. The first kappa shape index (κ1) is 23.2. The second-order valence-corrected chi connectivity index (χ2v) is 7.84. The van der Waals surface area contributed by atoms with E-state index in [0.717, 1.165) is 43.4 Å². The Morgan fingerprint density at radius 1 is 0.971 bits per heavy atom. The molecule has 1 fully saturated rings. The maximum absolute atomic E-state index is 12.5. The fourth-order valence-electron chi connectivity index (χ4n) is 3.93. The summed E-state index contributed by atoms with van der Waals surface area (Å²) < 4.78 is 12.1. The largest absolute Gasteiger partial charge is 0.495 e. The zero-order valence-corrected chi connectivity index (χ0v) is 19.4. The van der Waals surface area contributed by atoms with Crippen LogP contribution < -0.4 is 30.1 Å².